The van der Waals surface area contributed by atoms with Crippen LogP contribution in [0.25, 0.3) is 0 Å². The fourth-order valence-corrected chi connectivity index (χ4v) is 4.40. The van der Waals surface area contributed by atoms with Crippen molar-refractivity contribution >= 4 is 16.5 Å². The number of aryl methyl sites for hydroxylation is 1. The van der Waals surface area contributed by atoms with Crippen molar-refractivity contribution in [3.8, 4) is 0 Å². The van der Waals surface area contributed by atoms with Crippen molar-refractivity contribution < 1.29 is 0 Å². The molecule has 5 heteroatoms. The number of nitrogens with zero attached hydrogens (tertiary/aromatic N) is 3. The molecule has 4 nitrogen and oxygen atoms in total. The van der Waals surface area contributed by atoms with E-state index in [4.69, 9.17) is 0 Å². The van der Waals surface area contributed by atoms with Crippen molar-refractivity contribution in [1.29, 1.82) is 0 Å². The summed E-state index contributed by atoms with van der Waals surface area (Å²) in [5.74, 6) is 0. The SMILES string of the molecule is CCCc1nnc(NC2CCN(C3CCCCC3)C2)s1. The van der Waals surface area contributed by atoms with Gasteiger partial charge >= 0.3 is 0 Å². The number of nitrogens with one attached hydrogen (secondary N) is 1. The molecule has 3 rings (SSSR count). The van der Waals surface area contributed by atoms with Crippen LogP contribution in [0.3, 0.4) is 0 Å². The van der Waals surface area contributed by atoms with Crippen molar-refractivity contribution in [3.63, 3.8) is 0 Å². The van der Waals surface area contributed by atoms with E-state index in [1.54, 1.807) is 11.3 Å². The topological polar surface area (TPSA) is 41.1 Å². The number of hydrogen-bond acceptors (Lipinski definition) is 5. The molecule has 1 saturated heterocycles. The first-order valence-electron chi connectivity index (χ1n) is 8.18. The summed E-state index contributed by atoms with van der Waals surface area (Å²) in [4.78, 5) is 2.70. The second kappa shape index (κ2) is 6.85. The van der Waals surface area contributed by atoms with E-state index >= 15 is 0 Å². The molecule has 112 valence electrons. The van der Waals surface area contributed by atoms with E-state index in [0.29, 0.717) is 6.04 Å². The molecule has 2 fully saturated rings. The number of aromatic nitrogens is 2. The number of likely N-dealkylation sites (tertiary alicyclic amines) is 1. The first-order chi connectivity index (χ1) is 9.85. The fourth-order valence-electron chi connectivity index (χ4n) is 3.48. The Morgan fingerprint density at radius 1 is 1.20 bits per heavy atom. The fraction of sp³-hybridized carbons (Fsp3) is 0.867. The van der Waals surface area contributed by atoms with Crippen molar-refractivity contribution in [2.24, 2.45) is 0 Å². The van der Waals surface area contributed by atoms with Crippen LogP contribution in [0, 0.1) is 0 Å². The third-order valence-corrected chi connectivity index (χ3v) is 5.48. The molecule has 20 heavy (non-hydrogen) atoms. The molecule has 2 heterocycles. The summed E-state index contributed by atoms with van der Waals surface area (Å²) < 4.78 is 0. The van der Waals surface area contributed by atoms with Crippen LogP contribution >= 0.6 is 11.3 Å². The monoisotopic (exact) mass is 294 g/mol. The van der Waals surface area contributed by atoms with Crippen LogP contribution in [0.4, 0.5) is 5.13 Å². The highest BCUT2D eigenvalue weighted by atomic mass is 32.1. The smallest absolute Gasteiger partial charge is 0.205 e. The Bertz CT molecular complexity index is 414. The van der Waals surface area contributed by atoms with Gasteiger partial charge in [-0.15, -0.1) is 10.2 Å². The zero-order valence-corrected chi connectivity index (χ0v) is 13.3. The van der Waals surface area contributed by atoms with Gasteiger partial charge in [0.1, 0.15) is 5.01 Å². The predicted molar refractivity (Wildman–Crippen MR) is 84.4 cm³/mol. The lowest BCUT2D eigenvalue weighted by Crippen LogP contribution is -2.36. The van der Waals surface area contributed by atoms with Gasteiger partial charge in [-0.05, 0) is 25.7 Å². The average molecular weight is 294 g/mol. The van der Waals surface area contributed by atoms with Crippen LogP contribution in [0.2, 0.25) is 0 Å². The molecule has 1 aromatic rings. The standard InChI is InChI=1S/C15H26N4S/c1-2-6-14-17-18-15(20-14)16-12-9-10-19(11-12)13-7-4-3-5-8-13/h12-13H,2-11H2,1H3,(H,16,18). The molecular weight excluding hydrogens is 268 g/mol. The molecule has 1 aromatic heterocycles. The quantitative estimate of drug-likeness (QED) is 0.904. The number of anilines is 1. The van der Waals surface area contributed by atoms with Crippen molar-refractivity contribution in [1.82, 2.24) is 15.1 Å². The van der Waals surface area contributed by atoms with Gasteiger partial charge in [0, 0.05) is 31.6 Å². The van der Waals surface area contributed by atoms with Gasteiger partial charge in [0.15, 0.2) is 0 Å². The molecule has 0 radical (unpaired) electrons. The van der Waals surface area contributed by atoms with Gasteiger partial charge in [0.2, 0.25) is 5.13 Å². The third-order valence-electron chi connectivity index (χ3n) is 4.57. The summed E-state index contributed by atoms with van der Waals surface area (Å²) in [6.07, 6.45) is 10.6. The van der Waals surface area contributed by atoms with Crippen LogP contribution in [0.1, 0.15) is 56.9 Å². The van der Waals surface area contributed by atoms with Crippen LogP contribution in [-0.2, 0) is 6.42 Å². The van der Waals surface area contributed by atoms with Crippen molar-refractivity contribution in [3.05, 3.63) is 5.01 Å². The van der Waals surface area contributed by atoms with E-state index < -0.39 is 0 Å². The molecule has 1 aliphatic carbocycles. The lowest BCUT2D eigenvalue weighted by molar-refractivity contribution is 0.190. The predicted octanol–water partition coefficient (Wildman–Crippen LogP) is 3.31. The summed E-state index contributed by atoms with van der Waals surface area (Å²) in [6.45, 7) is 4.63. The summed E-state index contributed by atoms with van der Waals surface area (Å²) >= 11 is 1.73. The van der Waals surface area contributed by atoms with Crippen LogP contribution < -0.4 is 5.32 Å². The Morgan fingerprint density at radius 2 is 2.05 bits per heavy atom. The highest BCUT2D eigenvalue weighted by molar-refractivity contribution is 7.15. The minimum absolute atomic E-state index is 0.569. The molecule has 1 N–H and O–H groups in total. The normalized spacial score (nSPS) is 25.1. The van der Waals surface area contributed by atoms with E-state index in [9.17, 15) is 0 Å². The maximum absolute atomic E-state index is 4.27. The average Bonchev–Trinajstić information content (AvgIpc) is 3.11. The van der Waals surface area contributed by atoms with Crippen molar-refractivity contribution in [2.75, 3.05) is 18.4 Å². The molecule has 1 aliphatic heterocycles. The van der Waals surface area contributed by atoms with Crippen LogP contribution in [0.5, 0.6) is 0 Å². The highest BCUT2D eigenvalue weighted by Gasteiger charge is 2.29. The van der Waals surface area contributed by atoms with E-state index in [1.165, 1.54) is 51.6 Å². The lowest BCUT2D eigenvalue weighted by Gasteiger charge is -2.31. The van der Waals surface area contributed by atoms with Gasteiger partial charge in [-0.1, -0.05) is 37.5 Å². The molecule has 1 saturated carbocycles. The van der Waals surface area contributed by atoms with Crippen LogP contribution in [-0.4, -0.2) is 40.3 Å². The minimum atomic E-state index is 0.569. The summed E-state index contributed by atoms with van der Waals surface area (Å²) in [7, 11) is 0. The molecular formula is C15H26N4S. The molecule has 0 aromatic carbocycles. The second-order valence-electron chi connectivity index (χ2n) is 6.17. The highest BCUT2D eigenvalue weighted by Crippen LogP contribution is 2.27. The molecule has 0 bridgehead atoms. The molecule has 1 atom stereocenters. The summed E-state index contributed by atoms with van der Waals surface area (Å²) in [5.41, 5.74) is 0. The second-order valence-corrected chi connectivity index (χ2v) is 7.23. The molecule has 2 aliphatic rings. The van der Waals surface area contributed by atoms with Gasteiger partial charge in [0.05, 0.1) is 0 Å². The molecule has 1 unspecified atom stereocenters. The first-order valence-corrected chi connectivity index (χ1v) is 8.99. The first kappa shape index (κ1) is 14.3. The maximum atomic E-state index is 4.27. The van der Waals surface area contributed by atoms with E-state index in [0.717, 1.165) is 29.0 Å². The van der Waals surface area contributed by atoms with Gasteiger partial charge in [0.25, 0.3) is 0 Å². The summed E-state index contributed by atoms with van der Waals surface area (Å²) in [5, 5.41) is 14.3. The third kappa shape index (κ3) is 3.50. The van der Waals surface area contributed by atoms with Crippen molar-refractivity contribution in [2.45, 2.75) is 70.4 Å². The lowest BCUT2D eigenvalue weighted by atomic mass is 9.94. The van der Waals surface area contributed by atoms with Gasteiger partial charge in [-0.3, -0.25) is 4.90 Å². The Labute approximate surface area is 126 Å². The van der Waals surface area contributed by atoms with Crippen LogP contribution in [0.15, 0.2) is 0 Å². The Balaban J connectivity index is 1.49. The zero-order valence-electron chi connectivity index (χ0n) is 12.5. The Hall–Kier alpha value is -0.680. The number of hydrogen-bond donors (Lipinski definition) is 1. The maximum Gasteiger partial charge on any atom is 0.205 e. The van der Waals surface area contributed by atoms with E-state index in [2.05, 4.69) is 27.3 Å². The summed E-state index contributed by atoms with van der Waals surface area (Å²) in [6, 6.07) is 1.42. The minimum Gasteiger partial charge on any atom is -0.356 e. The zero-order chi connectivity index (χ0) is 13.8. The largest absolute Gasteiger partial charge is 0.356 e. The van der Waals surface area contributed by atoms with E-state index in [1.807, 2.05) is 0 Å². The van der Waals surface area contributed by atoms with Gasteiger partial charge in [-0.2, -0.15) is 0 Å². The van der Waals surface area contributed by atoms with E-state index in [-0.39, 0.29) is 0 Å². The molecule has 0 spiro atoms. The van der Waals surface area contributed by atoms with Gasteiger partial charge < -0.3 is 5.32 Å². The van der Waals surface area contributed by atoms with Gasteiger partial charge in [-0.25, -0.2) is 0 Å². The Kier molecular flexibility index (Phi) is 4.89. The number of rotatable bonds is 5. The molecule has 0 amide bonds. The Morgan fingerprint density at radius 3 is 2.85 bits per heavy atom.